The fourth-order valence-electron chi connectivity index (χ4n) is 19.7. The molecule has 4 heterocycles. The van der Waals surface area contributed by atoms with Crippen molar-refractivity contribution < 1.29 is 19.2 Å². The van der Waals surface area contributed by atoms with Gasteiger partial charge >= 0.3 is 0 Å². The molecule has 0 saturated heterocycles. The van der Waals surface area contributed by atoms with Gasteiger partial charge in [0, 0.05) is 98.5 Å². The Morgan fingerprint density at radius 1 is 0.211 bits per heavy atom. The van der Waals surface area contributed by atoms with Gasteiger partial charge in [-0.25, -0.2) is 0 Å². The first kappa shape index (κ1) is 104. The Bertz CT molecular complexity index is 3810. The highest BCUT2D eigenvalue weighted by atomic mass is 16.2. The smallest absolute Gasteiger partial charge is 0.261 e. The van der Waals surface area contributed by atoms with Crippen molar-refractivity contribution in [2.75, 3.05) is 96.5 Å². The van der Waals surface area contributed by atoms with Gasteiger partial charge in [-0.1, -0.05) is 413 Å². The van der Waals surface area contributed by atoms with Crippen LogP contribution >= 0.6 is 0 Å². The van der Waals surface area contributed by atoms with Gasteiger partial charge in [0.2, 0.25) is 35.7 Å². The SMILES string of the molecule is CCCCCCCCCCCCNc1nc(NCCCCCCCCCCCCN2C(=O)c3ccc4c5ccc6c7c(ccc(c8ccc(c3c48)C2=O)c75)C(=O)N(CCCCCCCCCCCCNc2nc(NCCCCCCCCCCCC)nc(N(CCCCCCCC)CCCCCCCC)n2)C6=O)nc(N(CCCCCCCC)CCCCCCCC)n1. The summed E-state index contributed by atoms with van der Waals surface area (Å²) in [4.78, 5) is 96.1. The third-order valence-electron chi connectivity index (χ3n) is 27.6. The second-order valence-electron chi connectivity index (χ2n) is 38.4. The van der Waals surface area contributed by atoms with E-state index >= 15 is 0 Å². The van der Waals surface area contributed by atoms with Crippen molar-refractivity contribution in [1.82, 2.24) is 39.7 Å². The Morgan fingerprint density at radius 3 is 0.594 bits per heavy atom. The predicted octanol–water partition coefficient (Wildman–Crippen LogP) is 31.0. The molecule has 0 bridgehead atoms. The van der Waals surface area contributed by atoms with Crippen LogP contribution in [0, 0.1) is 0 Å². The Morgan fingerprint density at radius 2 is 0.391 bits per heavy atom. The lowest BCUT2D eigenvalue weighted by molar-refractivity contribution is 0.0592. The van der Waals surface area contributed by atoms with E-state index in [0.29, 0.717) is 69.9 Å². The number of rotatable bonds is 82. The number of carbonyl (C=O) groups is 4. The van der Waals surface area contributed by atoms with E-state index in [1.165, 1.54) is 331 Å². The highest BCUT2D eigenvalue weighted by molar-refractivity contribution is 6.41. The molecule has 2 aromatic heterocycles. The molecule has 18 heteroatoms. The first-order valence-electron chi connectivity index (χ1n) is 54.0. The minimum Gasteiger partial charge on any atom is -0.354 e. The molecule has 0 fully saturated rings. The summed E-state index contributed by atoms with van der Waals surface area (Å²) < 4.78 is 0. The number of nitrogens with zero attached hydrogens (tertiary/aromatic N) is 10. The van der Waals surface area contributed by atoms with Gasteiger partial charge in [-0.15, -0.1) is 0 Å². The summed E-state index contributed by atoms with van der Waals surface area (Å²) in [5.41, 5.74) is 2.22. The maximum atomic E-state index is 14.5. The van der Waals surface area contributed by atoms with Crippen LogP contribution in [0.3, 0.4) is 0 Å². The largest absolute Gasteiger partial charge is 0.354 e. The van der Waals surface area contributed by atoms with Crippen LogP contribution in [0.15, 0.2) is 48.5 Å². The van der Waals surface area contributed by atoms with Gasteiger partial charge in [0.15, 0.2) is 0 Å². The molecule has 9 rings (SSSR count). The van der Waals surface area contributed by atoms with Gasteiger partial charge in [-0.3, -0.25) is 29.0 Å². The minimum absolute atomic E-state index is 0.236. The second kappa shape index (κ2) is 63.5. The van der Waals surface area contributed by atoms with E-state index in [-0.39, 0.29) is 23.6 Å². The lowest BCUT2D eigenvalue weighted by atomic mass is 9.82. The van der Waals surface area contributed by atoms with Crippen molar-refractivity contribution in [2.45, 2.75) is 452 Å². The molecule has 2 aliphatic rings. The zero-order chi connectivity index (χ0) is 90.1. The number of aromatic nitrogens is 6. The molecule has 0 aliphatic carbocycles. The summed E-state index contributed by atoms with van der Waals surface area (Å²) in [5, 5.41) is 21.4. The molecule has 712 valence electrons. The average molecular weight is 1760 g/mol. The minimum atomic E-state index is -0.236. The quantitative estimate of drug-likeness (QED) is 0.0121. The first-order chi connectivity index (χ1) is 63.1. The fraction of sp³-hybridized carbons (Fsp3) is 0.727. The van der Waals surface area contributed by atoms with E-state index in [9.17, 15) is 19.2 Å². The molecule has 4 N–H and O–H groups in total. The fourth-order valence-corrected chi connectivity index (χ4v) is 19.7. The van der Waals surface area contributed by atoms with Crippen LogP contribution in [0.1, 0.15) is 494 Å². The van der Waals surface area contributed by atoms with Crippen molar-refractivity contribution in [2.24, 2.45) is 0 Å². The maximum absolute atomic E-state index is 14.5. The van der Waals surface area contributed by atoms with Gasteiger partial charge in [0.1, 0.15) is 0 Å². The van der Waals surface area contributed by atoms with Crippen molar-refractivity contribution in [3.8, 4) is 0 Å². The number of benzene rings is 5. The molecular formula is C110H178N14O4. The van der Waals surface area contributed by atoms with E-state index in [1.807, 2.05) is 48.5 Å². The van der Waals surface area contributed by atoms with Crippen molar-refractivity contribution >= 4 is 102 Å². The van der Waals surface area contributed by atoms with E-state index in [0.717, 1.165) is 186 Å². The maximum Gasteiger partial charge on any atom is 0.261 e. The Labute approximate surface area is 776 Å². The number of unbranched alkanes of at least 4 members (excludes halogenated alkanes) is 56. The highest BCUT2D eigenvalue weighted by Crippen LogP contribution is 2.47. The summed E-state index contributed by atoms with van der Waals surface area (Å²) in [6.07, 6.45) is 78.9. The van der Waals surface area contributed by atoms with Crippen LogP contribution in [0.25, 0.3) is 43.1 Å². The van der Waals surface area contributed by atoms with Gasteiger partial charge in [-0.2, -0.15) is 29.9 Å². The number of hydrogen-bond acceptors (Lipinski definition) is 16. The van der Waals surface area contributed by atoms with Crippen LogP contribution < -0.4 is 31.1 Å². The molecule has 128 heavy (non-hydrogen) atoms. The lowest BCUT2D eigenvalue weighted by Crippen LogP contribution is -2.41. The number of nitrogens with one attached hydrogen (secondary N) is 4. The zero-order valence-corrected chi connectivity index (χ0v) is 82.0. The molecule has 2 aliphatic heterocycles. The normalized spacial score (nSPS) is 12.8. The molecular weight excluding hydrogens is 1580 g/mol. The number of amides is 4. The summed E-state index contributed by atoms with van der Waals surface area (Å²) in [6, 6.07) is 15.6. The Balaban J connectivity index is 0.673. The molecule has 0 spiro atoms. The number of fused-ring (bicyclic) bond motifs is 2. The second-order valence-corrected chi connectivity index (χ2v) is 38.4. The van der Waals surface area contributed by atoms with E-state index in [4.69, 9.17) is 29.9 Å². The van der Waals surface area contributed by atoms with Gasteiger partial charge in [0.05, 0.1) is 0 Å². The molecule has 4 amide bonds. The summed E-state index contributed by atoms with van der Waals surface area (Å²) in [6.45, 7) is 21.9. The molecule has 18 nitrogen and oxygen atoms in total. The van der Waals surface area contributed by atoms with Gasteiger partial charge in [0.25, 0.3) is 23.6 Å². The van der Waals surface area contributed by atoms with Crippen molar-refractivity contribution in [3.63, 3.8) is 0 Å². The van der Waals surface area contributed by atoms with Crippen LogP contribution in [0.2, 0.25) is 0 Å². The van der Waals surface area contributed by atoms with Crippen LogP contribution in [-0.2, 0) is 0 Å². The molecule has 0 unspecified atom stereocenters. The number of hydrogen-bond donors (Lipinski definition) is 4. The molecule has 7 aromatic rings. The lowest BCUT2D eigenvalue weighted by Gasteiger charge is -2.30. The van der Waals surface area contributed by atoms with Crippen molar-refractivity contribution in [1.29, 1.82) is 0 Å². The first-order valence-corrected chi connectivity index (χ1v) is 54.0. The third-order valence-corrected chi connectivity index (χ3v) is 27.6. The van der Waals surface area contributed by atoms with Crippen molar-refractivity contribution in [3.05, 3.63) is 70.8 Å². The molecule has 0 saturated carbocycles. The Kier molecular flexibility index (Phi) is 51.7. The monoisotopic (exact) mass is 1760 g/mol. The Hall–Kier alpha value is -7.50. The zero-order valence-electron chi connectivity index (χ0n) is 82.0. The molecule has 0 radical (unpaired) electrons. The van der Waals surface area contributed by atoms with E-state index in [1.54, 1.807) is 0 Å². The summed E-state index contributed by atoms with van der Waals surface area (Å²) in [5.74, 6) is 3.49. The van der Waals surface area contributed by atoms with E-state index < -0.39 is 0 Å². The number of imide groups is 2. The summed E-state index contributed by atoms with van der Waals surface area (Å²) >= 11 is 0. The van der Waals surface area contributed by atoms with E-state index in [2.05, 4.69) is 72.6 Å². The number of anilines is 6. The van der Waals surface area contributed by atoms with Gasteiger partial charge < -0.3 is 31.1 Å². The number of carbonyl (C=O) groups excluding carboxylic acids is 4. The van der Waals surface area contributed by atoms with Crippen LogP contribution in [0.4, 0.5) is 35.7 Å². The molecule has 5 aromatic carbocycles. The van der Waals surface area contributed by atoms with Crippen LogP contribution in [-0.4, -0.2) is 129 Å². The highest BCUT2D eigenvalue weighted by Gasteiger charge is 2.37. The van der Waals surface area contributed by atoms with Crippen LogP contribution in [0.5, 0.6) is 0 Å². The average Bonchev–Trinajstić information content (AvgIpc) is 0.690. The summed E-state index contributed by atoms with van der Waals surface area (Å²) in [7, 11) is 0. The van der Waals surface area contributed by atoms with Gasteiger partial charge in [-0.05, 0) is 121 Å². The predicted molar refractivity (Wildman–Crippen MR) is 546 cm³/mol. The third kappa shape index (κ3) is 35.6. The molecule has 0 atom stereocenters. The topological polar surface area (TPSA) is 207 Å². The standard InChI is InChI=1S/C110H178N14O4/c1-7-13-19-25-31-33-39-45-51-61-79-111-105-115-107(119-109(117-105)121(83-65-55-27-21-15-9-3)84-66-56-28-22-16-10-4)113-81-63-53-47-41-35-37-43-49-59-69-87-123-101(125)93-75-71-89-91-73-77-95-100-96(78-74-92(98(91)100)90-72-76-94(102(123)126)99(93)97(89)90)104(128)124(103(95)127)88-70-60-50-44-38-36-42-48-54-64-82-114-108-116-106(112-80-62-52-46-40-34-32-26-20-14-8-2)118-110(120-108)122(85-67-57-29-23-17-11-5)86-68-58-30-24-18-12-6/h71-78H,7-70,79-88H2,1-6H3,(H2,111,113,115,117,119)(H2,112,114,116,118,120).